The van der Waals surface area contributed by atoms with E-state index in [1.165, 1.54) is 24.4 Å². The number of benzene rings is 1. The summed E-state index contributed by atoms with van der Waals surface area (Å²) in [6.45, 7) is 3.54. The van der Waals surface area contributed by atoms with Crippen molar-refractivity contribution in [2.75, 3.05) is 39.4 Å². The van der Waals surface area contributed by atoms with E-state index in [-0.39, 0.29) is 23.5 Å². The summed E-state index contributed by atoms with van der Waals surface area (Å²) in [5, 5.41) is 0. The fraction of sp³-hybridized carbons (Fsp3) is 0.375. The average molecular weight is 439 g/mol. The molecule has 0 aliphatic carbocycles. The van der Waals surface area contributed by atoms with Gasteiger partial charge in [-0.25, -0.2) is 4.39 Å². The summed E-state index contributed by atoms with van der Waals surface area (Å²) in [7, 11) is 0. The van der Waals surface area contributed by atoms with Crippen LogP contribution in [-0.2, 0) is 14.3 Å². The van der Waals surface area contributed by atoms with Gasteiger partial charge in [0.05, 0.1) is 19.4 Å². The number of likely N-dealkylation sites (tertiary alicyclic amines) is 1. The molecule has 0 bridgehead atoms. The van der Waals surface area contributed by atoms with Crippen molar-refractivity contribution in [2.45, 2.75) is 12.8 Å². The van der Waals surface area contributed by atoms with Crippen molar-refractivity contribution in [2.24, 2.45) is 5.92 Å². The van der Waals surface area contributed by atoms with Gasteiger partial charge in [-0.15, -0.1) is 0 Å². The Labute approximate surface area is 186 Å². The lowest BCUT2D eigenvalue weighted by Crippen LogP contribution is -2.47. The lowest BCUT2D eigenvalue weighted by molar-refractivity contribution is -0.142. The molecule has 2 aliphatic heterocycles. The van der Waals surface area contributed by atoms with Gasteiger partial charge in [-0.1, -0.05) is 6.07 Å². The third kappa shape index (κ3) is 5.50. The molecule has 0 radical (unpaired) electrons. The highest BCUT2D eigenvalue weighted by atomic mass is 19.1. The number of piperidine rings is 1. The number of nitrogens with zero attached hydrogens (tertiary/aromatic N) is 3. The number of halogens is 1. The lowest BCUT2D eigenvalue weighted by atomic mass is 9.95. The first kappa shape index (κ1) is 22.0. The van der Waals surface area contributed by atoms with E-state index in [0.29, 0.717) is 63.5 Å². The molecule has 2 aliphatic rings. The first-order chi connectivity index (χ1) is 15.6. The molecular formula is C24H26FN3O4. The summed E-state index contributed by atoms with van der Waals surface area (Å²) in [6.07, 6.45) is 7.46. The van der Waals surface area contributed by atoms with Crippen LogP contribution >= 0.6 is 0 Å². The van der Waals surface area contributed by atoms with Gasteiger partial charge in [0.2, 0.25) is 11.8 Å². The van der Waals surface area contributed by atoms with E-state index in [2.05, 4.69) is 4.98 Å². The molecular weight excluding hydrogens is 413 g/mol. The highest BCUT2D eigenvalue weighted by molar-refractivity contribution is 5.92. The monoisotopic (exact) mass is 439 g/mol. The Hall–Kier alpha value is -3.26. The fourth-order valence-corrected chi connectivity index (χ4v) is 3.90. The summed E-state index contributed by atoms with van der Waals surface area (Å²) >= 11 is 0. The van der Waals surface area contributed by atoms with Crippen LogP contribution in [0.2, 0.25) is 0 Å². The largest absolute Gasteiger partial charge is 0.453 e. The first-order valence-electron chi connectivity index (χ1n) is 10.8. The van der Waals surface area contributed by atoms with Gasteiger partial charge in [0.15, 0.2) is 11.6 Å². The Morgan fingerprint density at radius 1 is 1.09 bits per heavy atom. The average Bonchev–Trinajstić information content (AvgIpc) is 2.85. The zero-order valence-corrected chi connectivity index (χ0v) is 17.8. The summed E-state index contributed by atoms with van der Waals surface area (Å²) < 4.78 is 25.2. The molecule has 0 spiro atoms. The molecule has 2 aromatic rings. The normalized spacial score (nSPS) is 17.5. The molecule has 32 heavy (non-hydrogen) atoms. The van der Waals surface area contributed by atoms with E-state index < -0.39 is 5.82 Å². The molecule has 1 aromatic heterocycles. The van der Waals surface area contributed by atoms with E-state index in [9.17, 15) is 14.0 Å². The minimum Gasteiger partial charge on any atom is -0.453 e. The minimum atomic E-state index is -0.522. The maximum absolute atomic E-state index is 14.4. The minimum absolute atomic E-state index is 0.0393. The van der Waals surface area contributed by atoms with E-state index in [0.717, 1.165) is 0 Å². The number of hydrogen-bond donors (Lipinski definition) is 0. The van der Waals surface area contributed by atoms with Gasteiger partial charge >= 0.3 is 0 Å². The maximum atomic E-state index is 14.4. The zero-order valence-electron chi connectivity index (χ0n) is 17.8. The number of carbonyl (C=O) groups is 2. The zero-order chi connectivity index (χ0) is 22.3. The molecule has 3 heterocycles. The fourth-order valence-electron chi connectivity index (χ4n) is 3.90. The molecule has 4 rings (SSSR count). The Morgan fingerprint density at radius 3 is 2.56 bits per heavy atom. The topological polar surface area (TPSA) is 72.0 Å². The van der Waals surface area contributed by atoms with Crippen LogP contribution in [0.25, 0.3) is 6.08 Å². The summed E-state index contributed by atoms with van der Waals surface area (Å²) in [6, 6.07) is 7.93. The number of morpholine rings is 1. The quantitative estimate of drug-likeness (QED) is 0.670. The van der Waals surface area contributed by atoms with Crippen molar-refractivity contribution in [3.05, 3.63) is 60.2 Å². The second kappa shape index (κ2) is 10.4. The lowest BCUT2D eigenvalue weighted by Gasteiger charge is -2.35. The highest BCUT2D eigenvalue weighted by Gasteiger charge is 2.30. The third-order valence-corrected chi connectivity index (χ3v) is 5.72. The summed E-state index contributed by atoms with van der Waals surface area (Å²) in [5.41, 5.74) is 0.562. The number of ether oxygens (including phenoxy) is 2. The van der Waals surface area contributed by atoms with Crippen LogP contribution in [0.1, 0.15) is 18.4 Å². The van der Waals surface area contributed by atoms with E-state index in [1.807, 2.05) is 4.90 Å². The molecule has 168 valence electrons. The Morgan fingerprint density at radius 2 is 1.88 bits per heavy atom. The highest BCUT2D eigenvalue weighted by Crippen LogP contribution is 2.25. The molecule has 0 saturated carbocycles. The van der Waals surface area contributed by atoms with Gasteiger partial charge in [-0.2, -0.15) is 0 Å². The van der Waals surface area contributed by atoms with Crippen molar-refractivity contribution in [3.63, 3.8) is 0 Å². The van der Waals surface area contributed by atoms with Crippen molar-refractivity contribution < 1.29 is 23.5 Å². The van der Waals surface area contributed by atoms with Gasteiger partial charge in [0.25, 0.3) is 0 Å². The van der Waals surface area contributed by atoms with Crippen LogP contribution in [0, 0.1) is 11.7 Å². The molecule has 1 aromatic carbocycles. The van der Waals surface area contributed by atoms with E-state index in [1.54, 1.807) is 35.4 Å². The van der Waals surface area contributed by atoms with Gasteiger partial charge in [-0.05, 0) is 48.7 Å². The molecule has 2 amide bonds. The molecule has 0 N–H and O–H groups in total. The second-order valence-corrected chi connectivity index (χ2v) is 7.85. The first-order valence-corrected chi connectivity index (χ1v) is 10.8. The predicted octanol–water partition coefficient (Wildman–Crippen LogP) is 3.12. The SMILES string of the molecule is O=C(/C=C/c1ccc(Oc2cccnc2)c(F)c1)N1CCC(C(=O)N2CCOCC2)CC1. The number of pyridine rings is 1. The Kier molecular flexibility index (Phi) is 7.11. The van der Waals surface area contributed by atoms with Crippen molar-refractivity contribution in [1.82, 2.24) is 14.8 Å². The molecule has 2 fully saturated rings. The second-order valence-electron chi connectivity index (χ2n) is 7.85. The number of carbonyl (C=O) groups excluding carboxylic acids is 2. The molecule has 0 atom stereocenters. The predicted molar refractivity (Wildman–Crippen MR) is 116 cm³/mol. The number of hydrogen-bond acceptors (Lipinski definition) is 5. The molecule has 0 unspecified atom stereocenters. The van der Waals surface area contributed by atoms with Crippen LogP contribution in [0.4, 0.5) is 4.39 Å². The smallest absolute Gasteiger partial charge is 0.246 e. The summed E-state index contributed by atoms with van der Waals surface area (Å²) in [5.74, 6) is 0.000657. The van der Waals surface area contributed by atoms with Crippen LogP contribution in [0.15, 0.2) is 48.8 Å². The molecule has 2 saturated heterocycles. The van der Waals surface area contributed by atoms with Crippen molar-refractivity contribution >= 4 is 17.9 Å². The van der Waals surface area contributed by atoms with Gasteiger partial charge in [-0.3, -0.25) is 14.6 Å². The third-order valence-electron chi connectivity index (χ3n) is 5.72. The maximum Gasteiger partial charge on any atom is 0.246 e. The Bertz CT molecular complexity index is 968. The van der Waals surface area contributed by atoms with Crippen LogP contribution in [-0.4, -0.2) is 66.0 Å². The summed E-state index contributed by atoms with van der Waals surface area (Å²) in [4.78, 5) is 32.7. The molecule has 7 nitrogen and oxygen atoms in total. The van der Waals surface area contributed by atoms with Crippen LogP contribution in [0.3, 0.4) is 0 Å². The number of amides is 2. The van der Waals surface area contributed by atoms with E-state index in [4.69, 9.17) is 9.47 Å². The Balaban J connectivity index is 1.29. The number of aromatic nitrogens is 1. The van der Waals surface area contributed by atoms with Gasteiger partial charge in [0, 0.05) is 44.4 Å². The van der Waals surface area contributed by atoms with Crippen molar-refractivity contribution in [1.29, 1.82) is 0 Å². The van der Waals surface area contributed by atoms with Crippen LogP contribution in [0.5, 0.6) is 11.5 Å². The van der Waals surface area contributed by atoms with Crippen LogP contribution < -0.4 is 4.74 Å². The van der Waals surface area contributed by atoms with Crippen molar-refractivity contribution in [3.8, 4) is 11.5 Å². The van der Waals surface area contributed by atoms with E-state index >= 15 is 0 Å². The molecule has 8 heteroatoms. The standard InChI is InChI=1S/C24H26FN3O4/c25-21-16-18(3-5-22(21)32-20-2-1-9-26-17-20)4-6-23(29)27-10-7-19(8-11-27)24(30)28-12-14-31-15-13-28/h1-6,9,16-17,19H,7-8,10-15H2/b6-4+. The van der Waals surface area contributed by atoms with Gasteiger partial charge < -0.3 is 19.3 Å². The van der Waals surface area contributed by atoms with Gasteiger partial charge in [0.1, 0.15) is 5.75 Å². The number of rotatable bonds is 5.